The molecule has 29 heavy (non-hydrogen) atoms. The second-order valence-electron chi connectivity index (χ2n) is 5.67. The lowest BCUT2D eigenvalue weighted by molar-refractivity contribution is 0.0697. The summed E-state index contributed by atoms with van der Waals surface area (Å²) >= 11 is 0.716. The first kappa shape index (κ1) is 20.8. The predicted octanol–water partition coefficient (Wildman–Crippen LogP) is 3.19. The van der Waals surface area contributed by atoms with Crippen LogP contribution in [0.3, 0.4) is 0 Å². The Labute approximate surface area is 169 Å². The van der Waals surface area contributed by atoms with Crippen molar-refractivity contribution in [2.24, 2.45) is 0 Å². The number of carboxylic acid groups (broad SMARTS) is 1. The minimum Gasteiger partial charge on any atom is -0.478 e. The number of carbonyl (C=O) groups is 1. The van der Waals surface area contributed by atoms with Gasteiger partial charge in [-0.15, -0.1) is 11.3 Å². The highest BCUT2D eigenvalue weighted by Gasteiger charge is 2.22. The molecule has 3 N–H and O–H groups in total. The topological polar surface area (TPSA) is 130 Å². The number of sulfonamides is 2. The van der Waals surface area contributed by atoms with Crippen LogP contribution in [0.15, 0.2) is 69.1 Å². The van der Waals surface area contributed by atoms with E-state index in [2.05, 4.69) is 9.44 Å². The normalized spacial score (nSPS) is 11.8. The summed E-state index contributed by atoms with van der Waals surface area (Å²) in [5.41, 5.74) is -0.306. The molecule has 0 saturated heterocycles. The SMILES string of the molecule is O=C(O)c1csc(S(=O)(=O)Nc2ccccc2NS(=O)(=O)c2ccc(F)cc2)c1. The van der Waals surface area contributed by atoms with Crippen LogP contribution in [0.25, 0.3) is 0 Å². The van der Waals surface area contributed by atoms with E-state index in [0.29, 0.717) is 11.3 Å². The minimum atomic E-state index is -4.15. The summed E-state index contributed by atoms with van der Waals surface area (Å²) in [6.07, 6.45) is 0. The molecule has 0 aliphatic heterocycles. The van der Waals surface area contributed by atoms with Gasteiger partial charge in [0, 0.05) is 5.38 Å². The molecule has 0 amide bonds. The fraction of sp³-hybridized carbons (Fsp3) is 0. The largest absolute Gasteiger partial charge is 0.478 e. The van der Waals surface area contributed by atoms with Gasteiger partial charge in [0.25, 0.3) is 20.0 Å². The third kappa shape index (κ3) is 4.72. The first-order valence-corrected chi connectivity index (χ1v) is 11.7. The maximum atomic E-state index is 13.0. The van der Waals surface area contributed by atoms with Gasteiger partial charge >= 0.3 is 5.97 Å². The van der Waals surface area contributed by atoms with Gasteiger partial charge in [-0.05, 0) is 42.5 Å². The molecule has 3 rings (SSSR count). The second-order valence-corrected chi connectivity index (χ2v) is 10.2. The third-order valence-corrected chi connectivity index (χ3v) is 7.81. The number of halogens is 1. The number of thiophene rings is 1. The number of aromatic carboxylic acids is 1. The number of para-hydroxylation sites is 2. The maximum absolute atomic E-state index is 13.0. The fourth-order valence-corrected chi connectivity index (χ4v) is 5.56. The molecule has 152 valence electrons. The number of rotatable bonds is 7. The van der Waals surface area contributed by atoms with Gasteiger partial charge in [0.05, 0.1) is 21.8 Å². The molecule has 0 bridgehead atoms. The molecule has 0 radical (unpaired) electrons. The smallest absolute Gasteiger partial charge is 0.336 e. The Morgan fingerprint density at radius 3 is 1.97 bits per heavy atom. The van der Waals surface area contributed by atoms with Crippen LogP contribution in [0.4, 0.5) is 15.8 Å². The van der Waals surface area contributed by atoms with Gasteiger partial charge in [-0.3, -0.25) is 9.44 Å². The first-order valence-electron chi connectivity index (χ1n) is 7.80. The number of nitrogens with one attached hydrogen (secondary N) is 2. The second kappa shape index (κ2) is 7.81. The zero-order valence-electron chi connectivity index (χ0n) is 14.4. The van der Waals surface area contributed by atoms with Crippen molar-refractivity contribution in [1.29, 1.82) is 0 Å². The molecule has 3 aromatic rings. The average Bonchev–Trinajstić information content (AvgIpc) is 3.15. The van der Waals surface area contributed by atoms with Gasteiger partial charge in [0.2, 0.25) is 0 Å². The molecular formula is C17H13FN2O6S3. The Balaban J connectivity index is 1.90. The molecule has 8 nitrogen and oxygen atoms in total. The van der Waals surface area contributed by atoms with E-state index >= 15 is 0 Å². The fourth-order valence-electron chi connectivity index (χ4n) is 2.24. The standard InChI is InChI=1S/C17H13FN2O6S3/c18-12-5-7-13(8-6-12)28(23,24)19-14-3-1-2-4-15(14)20-29(25,26)16-9-11(10-27-16)17(21)22/h1-10,19-20H,(H,21,22). The number of anilines is 2. The van der Waals surface area contributed by atoms with Crippen molar-refractivity contribution in [1.82, 2.24) is 0 Å². The number of carboxylic acids is 1. The predicted molar refractivity (Wildman–Crippen MR) is 106 cm³/mol. The highest BCUT2D eigenvalue weighted by atomic mass is 32.2. The molecule has 2 aromatic carbocycles. The number of hydrogen-bond donors (Lipinski definition) is 3. The number of benzene rings is 2. The van der Waals surface area contributed by atoms with Crippen molar-refractivity contribution in [3.05, 3.63) is 71.4 Å². The average molecular weight is 456 g/mol. The van der Waals surface area contributed by atoms with Gasteiger partial charge < -0.3 is 5.11 Å². The molecule has 0 fully saturated rings. The highest BCUT2D eigenvalue weighted by molar-refractivity contribution is 7.94. The van der Waals surface area contributed by atoms with Crippen LogP contribution in [0.1, 0.15) is 10.4 Å². The summed E-state index contributed by atoms with van der Waals surface area (Å²) < 4.78 is 67.4. The minimum absolute atomic E-state index is 0.0598. The quantitative estimate of drug-likeness (QED) is 0.501. The van der Waals surface area contributed by atoms with E-state index in [-0.39, 0.29) is 26.0 Å². The Morgan fingerprint density at radius 2 is 1.45 bits per heavy atom. The summed E-state index contributed by atoms with van der Waals surface area (Å²) in [5.74, 6) is -1.87. The lowest BCUT2D eigenvalue weighted by Gasteiger charge is -2.14. The maximum Gasteiger partial charge on any atom is 0.336 e. The summed E-state index contributed by atoms with van der Waals surface area (Å²) in [4.78, 5) is 10.7. The van der Waals surface area contributed by atoms with Crippen LogP contribution in [-0.4, -0.2) is 27.9 Å². The molecule has 0 saturated carbocycles. The first-order chi connectivity index (χ1) is 13.6. The van der Waals surface area contributed by atoms with E-state index in [9.17, 15) is 26.0 Å². The van der Waals surface area contributed by atoms with E-state index in [1.54, 1.807) is 0 Å². The van der Waals surface area contributed by atoms with Crippen molar-refractivity contribution < 1.29 is 31.1 Å². The third-order valence-electron chi connectivity index (χ3n) is 3.63. The Kier molecular flexibility index (Phi) is 5.59. The van der Waals surface area contributed by atoms with E-state index in [1.807, 2.05) is 0 Å². The van der Waals surface area contributed by atoms with Crippen LogP contribution in [0.5, 0.6) is 0 Å². The molecule has 0 spiro atoms. The van der Waals surface area contributed by atoms with Crippen molar-refractivity contribution in [3.8, 4) is 0 Å². The van der Waals surface area contributed by atoms with Crippen molar-refractivity contribution in [3.63, 3.8) is 0 Å². The number of hydrogen-bond acceptors (Lipinski definition) is 6. The van der Waals surface area contributed by atoms with Crippen LogP contribution < -0.4 is 9.44 Å². The summed E-state index contributed by atoms with van der Waals surface area (Å²) in [7, 11) is -8.26. The summed E-state index contributed by atoms with van der Waals surface area (Å²) in [6, 6.07) is 10.8. The van der Waals surface area contributed by atoms with Crippen molar-refractivity contribution >= 4 is 48.7 Å². The summed E-state index contributed by atoms with van der Waals surface area (Å²) in [6.45, 7) is 0. The highest BCUT2D eigenvalue weighted by Crippen LogP contribution is 2.29. The van der Waals surface area contributed by atoms with Crippen molar-refractivity contribution in [2.45, 2.75) is 9.10 Å². The summed E-state index contributed by atoms with van der Waals surface area (Å²) in [5, 5.41) is 10.1. The lowest BCUT2D eigenvalue weighted by Crippen LogP contribution is -2.17. The Hall–Kier alpha value is -2.96. The van der Waals surface area contributed by atoms with Gasteiger partial charge in [0.15, 0.2) is 0 Å². The van der Waals surface area contributed by atoms with Crippen LogP contribution in [-0.2, 0) is 20.0 Å². The molecule has 0 aliphatic carbocycles. The van der Waals surface area contributed by atoms with E-state index in [1.165, 1.54) is 29.6 Å². The molecule has 1 heterocycles. The monoisotopic (exact) mass is 456 g/mol. The van der Waals surface area contributed by atoms with E-state index < -0.39 is 31.8 Å². The molecule has 12 heteroatoms. The molecule has 0 aliphatic rings. The van der Waals surface area contributed by atoms with Gasteiger partial charge in [-0.25, -0.2) is 26.0 Å². The van der Waals surface area contributed by atoms with Crippen LogP contribution in [0.2, 0.25) is 0 Å². The van der Waals surface area contributed by atoms with E-state index in [0.717, 1.165) is 30.3 Å². The molecule has 1 aromatic heterocycles. The van der Waals surface area contributed by atoms with Crippen LogP contribution in [0, 0.1) is 5.82 Å². The van der Waals surface area contributed by atoms with Gasteiger partial charge in [-0.2, -0.15) is 0 Å². The Bertz CT molecular complexity index is 1270. The zero-order valence-corrected chi connectivity index (χ0v) is 16.8. The van der Waals surface area contributed by atoms with E-state index in [4.69, 9.17) is 5.11 Å². The lowest BCUT2D eigenvalue weighted by atomic mass is 10.3. The van der Waals surface area contributed by atoms with Gasteiger partial charge in [0.1, 0.15) is 10.0 Å². The Morgan fingerprint density at radius 1 is 0.897 bits per heavy atom. The van der Waals surface area contributed by atoms with Crippen molar-refractivity contribution in [2.75, 3.05) is 9.44 Å². The molecule has 0 unspecified atom stereocenters. The molecule has 0 atom stereocenters. The zero-order chi connectivity index (χ0) is 21.2. The van der Waals surface area contributed by atoms with Gasteiger partial charge in [-0.1, -0.05) is 12.1 Å². The molecular weight excluding hydrogens is 443 g/mol. The van der Waals surface area contributed by atoms with Crippen LogP contribution >= 0.6 is 11.3 Å².